The molecule has 0 aromatic carbocycles. The molecular weight excluding hydrogens is 388 g/mol. The molecule has 0 bridgehead atoms. The molecule has 2 aliphatic rings. The van der Waals surface area contributed by atoms with Crippen LogP contribution in [0.4, 0.5) is 0 Å². The Morgan fingerprint density at radius 3 is 2.81 bits per heavy atom. The van der Waals surface area contributed by atoms with Crippen molar-refractivity contribution in [2.75, 3.05) is 32.1 Å². The third-order valence-electron chi connectivity index (χ3n) is 4.88. The molecule has 3 rings (SSSR count). The minimum atomic E-state index is -3.13. The van der Waals surface area contributed by atoms with E-state index in [1.807, 2.05) is 30.4 Å². The van der Waals surface area contributed by atoms with E-state index in [9.17, 15) is 18.0 Å². The minimum absolute atomic E-state index is 0.0436. The first-order valence-corrected chi connectivity index (χ1v) is 11.6. The van der Waals surface area contributed by atoms with Gasteiger partial charge in [0.15, 0.2) is 9.84 Å². The van der Waals surface area contributed by atoms with Crippen LogP contribution in [0.1, 0.15) is 30.9 Å². The average molecular weight is 413 g/mol. The number of thiophene rings is 1. The molecule has 10 heteroatoms. The summed E-state index contributed by atoms with van der Waals surface area (Å²) in [5.41, 5.74) is 1.41. The van der Waals surface area contributed by atoms with Gasteiger partial charge < -0.3 is 10.2 Å². The number of likely N-dealkylation sites (N-methyl/N-ethyl adjacent to an activating group) is 1. The fraction of sp³-hybridized carbons (Fsp3) is 0.588. The van der Waals surface area contributed by atoms with Crippen molar-refractivity contribution >= 4 is 38.7 Å². The number of nitrogens with one attached hydrogen (secondary N) is 1. The summed E-state index contributed by atoms with van der Waals surface area (Å²) in [4.78, 5) is 26.8. The summed E-state index contributed by atoms with van der Waals surface area (Å²) in [6, 6.07) is 1.61. The van der Waals surface area contributed by atoms with Crippen molar-refractivity contribution in [1.82, 2.24) is 15.2 Å². The first-order valence-electron chi connectivity index (χ1n) is 8.83. The van der Waals surface area contributed by atoms with E-state index in [4.69, 9.17) is 0 Å². The van der Waals surface area contributed by atoms with Gasteiger partial charge in [-0.1, -0.05) is 0 Å². The van der Waals surface area contributed by atoms with Gasteiger partial charge in [-0.25, -0.2) is 13.4 Å². The molecule has 8 nitrogen and oxygen atoms in total. The molecule has 3 heterocycles. The summed E-state index contributed by atoms with van der Waals surface area (Å²) in [5.74, 6) is -0.560. The average Bonchev–Trinajstić information content (AvgIpc) is 3.24. The fourth-order valence-electron chi connectivity index (χ4n) is 3.34. The molecule has 148 valence electrons. The summed E-state index contributed by atoms with van der Waals surface area (Å²) in [6.45, 7) is 0.424. The van der Waals surface area contributed by atoms with E-state index in [0.717, 1.165) is 5.56 Å². The highest BCUT2D eigenvalue weighted by Crippen LogP contribution is 2.23. The standard InChI is InChI=1S/C17H24N4O4S2/c1-20(2)15(12-5-7-26-10-12)9-18-17(23)14-3-4-16(22)21(19-14)13-6-8-27(24,25)11-13/h5,7,10,13,15H,3-4,6,8-9,11H2,1-2H3,(H,18,23). The van der Waals surface area contributed by atoms with Gasteiger partial charge in [0.05, 0.1) is 23.6 Å². The Hall–Kier alpha value is -1.78. The van der Waals surface area contributed by atoms with Crippen molar-refractivity contribution in [2.45, 2.75) is 31.3 Å². The minimum Gasteiger partial charge on any atom is -0.349 e. The topological polar surface area (TPSA) is 99.2 Å². The maximum absolute atomic E-state index is 12.6. The van der Waals surface area contributed by atoms with Crippen LogP contribution in [0.3, 0.4) is 0 Å². The number of rotatable bonds is 6. The van der Waals surface area contributed by atoms with Gasteiger partial charge in [-0.05, 0) is 42.9 Å². The molecule has 0 saturated carbocycles. The van der Waals surface area contributed by atoms with Gasteiger partial charge in [0.2, 0.25) is 5.91 Å². The summed E-state index contributed by atoms with van der Waals surface area (Å²) in [7, 11) is 0.774. The Bertz CT molecular complexity index is 833. The lowest BCUT2D eigenvalue weighted by Gasteiger charge is -2.28. The number of nitrogens with zero attached hydrogens (tertiary/aromatic N) is 3. The fourth-order valence-corrected chi connectivity index (χ4v) is 5.74. The van der Waals surface area contributed by atoms with Crippen LogP contribution in [-0.2, 0) is 19.4 Å². The SMILES string of the molecule is CN(C)C(CNC(=O)C1=NN(C2CCS(=O)(=O)C2)C(=O)CC1)c1ccsc1. The monoisotopic (exact) mass is 412 g/mol. The summed E-state index contributed by atoms with van der Waals surface area (Å²) < 4.78 is 23.4. The zero-order valence-electron chi connectivity index (χ0n) is 15.4. The molecule has 1 saturated heterocycles. The van der Waals surface area contributed by atoms with Crippen LogP contribution in [0, 0.1) is 0 Å². The molecule has 0 aliphatic carbocycles. The Balaban J connectivity index is 1.67. The van der Waals surface area contributed by atoms with Crippen LogP contribution >= 0.6 is 11.3 Å². The quantitative estimate of drug-likeness (QED) is 0.739. The van der Waals surface area contributed by atoms with Crippen molar-refractivity contribution in [3.8, 4) is 0 Å². The molecule has 2 atom stereocenters. The van der Waals surface area contributed by atoms with Gasteiger partial charge in [0.1, 0.15) is 5.71 Å². The van der Waals surface area contributed by atoms with E-state index >= 15 is 0 Å². The maximum atomic E-state index is 12.6. The Kier molecular flexibility index (Phi) is 5.97. The maximum Gasteiger partial charge on any atom is 0.267 e. The van der Waals surface area contributed by atoms with Gasteiger partial charge in [-0.15, -0.1) is 0 Å². The number of hydrogen-bond acceptors (Lipinski definition) is 7. The van der Waals surface area contributed by atoms with E-state index in [-0.39, 0.29) is 47.9 Å². The van der Waals surface area contributed by atoms with Gasteiger partial charge in [0.25, 0.3) is 5.91 Å². The Morgan fingerprint density at radius 2 is 2.22 bits per heavy atom. The van der Waals surface area contributed by atoms with Crippen molar-refractivity contribution in [3.63, 3.8) is 0 Å². The molecular formula is C17H24N4O4S2. The number of carbonyl (C=O) groups is 2. The predicted molar refractivity (Wildman–Crippen MR) is 104 cm³/mol. The summed E-state index contributed by atoms with van der Waals surface area (Å²) in [6.07, 6.45) is 0.809. The van der Waals surface area contributed by atoms with Crippen molar-refractivity contribution in [3.05, 3.63) is 22.4 Å². The molecule has 1 N–H and O–H groups in total. The van der Waals surface area contributed by atoms with Gasteiger partial charge >= 0.3 is 0 Å². The van der Waals surface area contributed by atoms with E-state index < -0.39 is 15.9 Å². The lowest BCUT2D eigenvalue weighted by atomic mass is 10.1. The van der Waals surface area contributed by atoms with Crippen LogP contribution in [0.2, 0.25) is 0 Å². The Labute approximate surface area is 163 Å². The molecule has 2 amide bonds. The highest BCUT2D eigenvalue weighted by molar-refractivity contribution is 7.91. The summed E-state index contributed by atoms with van der Waals surface area (Å²) >= 11 is 1.61. The smallest absolute Gasteiger partial charge is 0.267 e. The molecule has 27 heavy (non-hydrogen) atoms. The third-order valence-corrected chi connectivity index (χ3v) is 7.34. The number of hydrogen-bond donors (Lipinski definition) is 1. The van der Waals surface area contributed by atoms with Crippen molar-refractivity contribution in [2.24, 2.45) is 5.10 Å². The van der Waals surface area contributed by atoms with Gasteiger partial charge in [-0.3, -0.25) is 9.59 Å². The molecule has 2 unspecified atom stereocenters. The molecule has 2 aliphatic heterocycles. The second-order valence-electron chi connectivity index (χ2n) is 7.09. The first-order chi connectivity index (χ1) is 12.8. The highest BCUT2D eigenvalue weighted by Gasteiger charge is 2.37. The molecule has 1 aromatic heterocycles. The number of carbonyl (C=O) groups excluding carboxylic acids is 2. The zero-order valence-corrected chi connectivity index (χ0v) is 17.1. The molecule has 1 fully saturated rings. The van der Waals surface area contributed by atoms with Crippen LogP contribution in [0.25, 0.3) is 0 Å². The lowest BCUT2D eigenvalue weighted by molar-refractivity contribution is -0.133. The van der Waals surface area contributed by atoms with Crippen LogP contribution in [0.15, 0.2) is 21.9 Å². The molecule has 0 spiro atoms. The predicted octanol–water partition coefficient (Wildman–Crippen LogP) is 0.633. The summed E-state index contributed by atoms with van der Waals surface area (Å²) in [5, 5.41) is 12.4. The third kappa shape index (κ3) is 4.74. The van der Waals surface area contributed by atoms with Crippen LogP contribution in [-0.4, -0.2) is 74.0 Å². The number of hydrazone groups is 1. The van der Waals surface area contributed by atoms with Crippen LogP contribution < -0.4 is 5.32 Å². The lowest BCUT2D eigenvalue weighted by Crippen LogP contribution is -2.45. The van der Waals surface area contributed by atoms with Gasteiger partial charge in [0, 0.05) is 19.4 Å². The largest absolute Gasteiger partial charge is 0.349 e. The highest BCUT2D eigenvalue weighted by atomic mass is 32.2. The second kappa shape index (κ2) is 8.07. The van der Waals surface area contributed by atoms with E-state index in [2.05, 4.69) is 15.8 Å². The van der Waals surface area contributed by atoms with Crippen molar-refractivity contribution < 1.29 is 18.0 Å². The Morgan fingerprint density at radius 1 is 1.44 bits per heavy atom. The van der Waals surface area contributed by atoms with E-state index in [0.29, 0.717) is 13.0 Å². The zero-order chi connectivity index (χ0) is 19.6. The van der Waals surface area contributed by atoms with Crippen molar-refractivity contribution in [1.29, 1.82) is 0 Å². The van der Waals surface area contributed by atoms with Crippen LogP contribution in [0.5, 0.6) is 0 Å². The normalized spacial score (nSPS) is 23.4. The van der Waals surface area contributed by atoms with E-state index in [1.54, 1.807) is 11.3 Å². The molecule has 0 radical (unpaired) electrons. The molecule has 1 aromatic rings. The van der Waals surface area contributed by atoms with E-state index in [1.165, 1.54) is 5.01 Å². The first kappa shape index (κ1) is 20.0. The second-order valence-corrected chi connectivity index (χ2v) is 10.1. The number of sulfone groups is 1. The number of amides is 2. The van der Waals surface area contributed by atoms with Gasteiger partial charge in [-0.2, -0.15) is 16.4 Å².